The quantitative estimate of drug-likeness (QED) is 0.881. The van der Waals surface area contributed by atoms with Gasteiger partial charge in [-0.25, -0.2) is 4.79 Å². The van der Waals surface area contributed by atoms with Gasteiger partial charge in [-0.15, -0.1) is 0 Å². The molecule has 2 aliphatic rings. The number of urea groups is 1. The van der Waals surface area contributed by atoms with Crippen molar-refractivity contribution in [3.05, 3.63) is 41.7 Å². The summed E-state index contributed by atoms with van der Waals surface area (Å²) in [7, 11) is 1.69. The Morgan fingerprint density at radius 2 is 2.08 bits per heavy atom. The van der Waals surface area contributed by atoms with Gasteiger partial charge in [0.2, 0.25) is 0 Å². The van der Waals surface area contributed by atoms with E-state index in [1.54, 1.807) is 7.11 Å². The number of anilines is 1. The second-order valence-corrected chi connectivity index (χ2v) is 6.91. The van der Waals surface area contributed by atoms with Crippen LogP contribution in [0.3, 0.4) is 0 Å². The third-order valence-electron chi connectivity index (χ3n) is 5.34. The minimum atomic E-state index is 0.0432. The Kier molecular flexibility index (Phi) is 4.69. The van der Waals surface area contributed by atoms with E-state index in [0.29, 0.717) is 13.1 Å². The molecule has 2 aromatic rings. The zero-order valence-corrected chi connectivity index (χ0v) is 15.1. The van der Waals surface area contributed by atoms with E-state index < -0.39 is 0 Å². The van der Waals surface area contributed by atoms with Crippen molar-refractivity contribution in [2.24, 2.45) is 0 Å². The lowest BCUT2D eigenvalue weighted by Gasteiger charge is -2.37. The first-order valence-electron chi connectivity index (χ1n) is 9.19. The van der Waals surface area contributed by atoms with Gasteiger partial charge in [0.15, 0.2) is 0 Å². The van der Waals surface area contributed by atoms with Gasteiger partial charge in [0.25, 0.3) is 0 Å². The molecule has 0 radical (unpaired) electrons. The highest BCUT2D eigenvalue weighted by molar-refractivity contribution is 5.75. The van der Waals surface area contributed by atoms with Crippen molar-refractivity contribution in [3.63, 3.8) is 0 Å². The number of aromatic amines is 1. The lowest BCUT2D eigenvalue weighted by molar-refractivity contribution is 0.189. The standard InChI is InChI=1S/C19H25N5O2/c1-26-18-5-3-2-4-17(18)23-8-10-24(11-9-23)19(25)21-15-6-7-16-14(12-15)13-20-22-16/h2-5,13,15H,6-12H2,1H3,(H,20,22)(H,21,25). The molecule has 26 heavy (non-hydrogen) atoms. The van der Waals surface area contributed by atoms with Gasteiger partial charge in [-0.1, -0.05) is 12.1 Å². The summed E-state index contributed by atoms with van der Waals surface area (Å²) in [5.41, 5.74) is 3.53. The molecule has 138 valence electrons. The van der Waals surface area contributed by atoms with Gasteiger partial charge < -0.3 is 19.9 Å². The Balaban J connectivity index is 1.31. The van der Waals surface area contributed by atoms with Gasteiger partial charge >= 0.3 is 6.03 Å². The van der Waals surface area contributed by atoms with Gasteiger partial charge in [0.1, 0.15) is 5.75 Å². The molecule has 0 saturated carbocycles. The maximum Gasteiger partial charge on any atom is 0.317 e. The number of methoxy groups -OCH3 is 1. The minimum absolute atomic E-state index is 0.0432. The SMILES string of the molecule is COc1ccccc1N1CCN(C(=O)NC2CCc3[nH]ncc3C2)CC1. The van der Waals surface area contributed by atoms with E-state index in [-0.39, 0.29) is 12.1 Å². The van der Waals surface area contributed by atoms with Gasteiger partial charge in [-0.3, -0.25) is 5.10 Å². The number of carbonyl (C=O) groups excluding carboxylic acids is 1. The van der Waals surface area contributed by atoms with Gasteiger partial charge in [-0.05, 0) is 37.0 Å². The van der Waals surface area contributed by atoms with Crippen LogP contribution >= 0.6 is 0 Å². The van der Waals surface area contributed by atoms with Gasteiger partial charge in [0.05, 0.1) is 19.0 Å². The van der Waals surface area contributed by atoms with E-state index in [4.69, 9.17) is 4.74 Å². The van der Waals surface area contributed by atoms with Crippen LogP contribution < -0.4 is 15.0 Å². The summed E-state index contributed by atoms with van der Waals surface area (Å²) in [6, 6.07) is 8.27. The predicted octanol–water partition coefficient (Wildman–Crippen LogP) is 1.81. The van der Waals surface area contributed by atoms with Crippen molar-refractivity contribution >= 4 is 11.7 Å². The van der Waals surface area contributed by atoms with Crippen LogP contribution in [0.2, 0.25) is 0 Å². The van der Waals surface area contributed by atoms with Crippen molar-refractivity contribution in [2.75, 3.05) is 38.2 Å². The van der Waals surface area contributed by atoms with Crippen LogP contribution in [-0.4, -0.2) is 60.5 Å². The molecular weight excluding hydrogens is 330 g/mol. The van der Waals surface area contributed by atoms with Crippen LogP contribution in [0, 0.1) is 0 Å². The molecule has 7 heteroatoms. The van der Waals surface area contributed by atoms with Crippen LogP contribution in [0.1, 0.15) is 17.7 Å². The Labute approximate surface area is 153 Å². The predicted molar refractivity (Wildman–Crippen MR) is 99.7 cm³/mol. The molecule has 1 unspecified atom stereocenters. The van der Waals surface area contributed by atoms with Crippen molar-refractivity contribution < 1.29 is 9.53 Å². The van der Waals surface area contributed by atoms with Crippen LogP contribution in [0.15, 0.2) is 30.5 Å². The number of carbonyl (C=O) groups is 1. The third kappa shape index (κ3) is 3.34. The molecule has 1 aromatic carbocycles. The molecule has 1 aliphatic carbocycles. The highest BCUT2D eigenvalue weighted by Crippen LogP contribution is 2.28. The second-order valence-electron chi connectivity index (χ2n) is 6.91. The highest BCUT2D eigenvalue weighted by Gasteiger charge is 2.26. The normalized spacial score (nSPS) is 19.8. The van der Waals surface area contributed by atoms with E-state index in [0.717, 1.165) is 43.8 Å². The number of para-hydroxylation sites is 2. The summed E-state index contributed by atoms with van der Waals surface area (Å²) < 4.78 is 5.45. The maximum atomic E-state index is 12.6. The van der Waals surface area contributed by atoms with Crippen molar-refractivity contribution in [1.29, 1.82) is 0 Å². The molecule has 2 N–H and O–H groups in total. The lowest BCUT2D eigenvalue weighted by Crippen LogP contribution is -2.54. The van der Waals surface area contributed by atoms with E-state index in [2.05, 4.69) is 26.5 Å². The third-order valence-corrected chi connectivity index (χ3v) is 5.34. The van der Waals surface area contributed by atoms with Gasteiger partial charge in [0, 0.05) is 37.9 Å². The smallest absolute Gasteiger partial charge is 0.317 e. The number of nitrogens with one attached hydrogen (secondary N) is 2. The number of nitrogens with zero attached hydrogens (tertiary/aromatic N) is 3. The molecule has 1 atom stereocenters. The number of piperazine rings is 1. The fourth-order valence-electron chi connectivity index (χ4n) is 3.85. The number of ether oxygens (including phenoxy) is 1. The zero-order valence-electron chi connectivity index (χ0n) is 15.1. The first-order chi connectivity index (χ1) is 12.7. The average molecular weight is 355 g/mol. The molecule has 7 nitrogen and oxygen atoms in total. The summed E-state index contributed by atoms with van der Waals surface area (Å²) in [4.78, 5) is 16.8. The van der Waals surface area contributed by atoms with Crippen LogP contribution in [0.25, 0.3) is 0 Å². The molecule has 1 saturated heterocycles. The number of H-pyrrole nitrogens is 1. The number of hydrogen-bond donors (Lipinski definition) is 2. The Morgan fingerprint density at radius 1 is 1.27 bits per heavy atom. The Bertz CT molecular complexity index is 767. The summed E-state index contributed by atoms with van der Waals surface area (Å²) in [6.45, 7) is 3.05. The largest absolute Gasteiger partial charge is 0.495 e. The summed E-state index contributed by atoms with van der Waals surface area (Å²) in [5.74, 6) is 0.878. The molecule has 4 rings (SSSR count). The van der Waals surface area contributed by atoms with Crippen molar-refractivity contribution in [2.45, 2.75) is 25.3 Å². The highest BCUT2D eigenvalue weighted by atomic mass is 16.5. The lowest BCUT2D eigenvalue weighted by atomic mass is 9.94. The number of amides is 2. The van der Waals surface area contributed by atoms with Crippen molar-refractivity contribution in [3.8, 4) is 5.75 Å². The summed E-state index contributed by atoms with van der Waals surface area (Å²) >= 11 is 0. The fourth-order valence-corrected chi connectivity index (χ4v) is 3.85. The number of fused-ring (bicyclic) bond motifs is 1. The van der Waals surface area contributed by atoms with E-state index in [1.807, 2.05) is 29.3 Å². The second kappa shape index (κ2) is 7.27. The maximum absolute atomic E-state index is 12.6. The van der Waals surface area contributed by atoms with Crippen LogP contribution in [0.5, 0.6) is 5.75 Å². The topological polar surface area (TPSA) is 73.5 Å². The fraction of sp³-hybridized carbons (Fsp3) is 0.474. The molecular formula is C19H25N5O2. The zero-order chi connectivity index (χ0) is 17.9. The summed E-state index contributed by atoms with van der Waals surface area (Å²) in [6.07, 6.45) is 4.64. The monoisotopic (exact) mass is 355 g/mol. The van der Waals surface area contributed by atoms with Crippen LogP contribution in [-0.2, 0) is 12.8 Å². The number of hydrogen-bond acceptors (Lipinski definition) is 4. The molecule has 1 aromatic heterocycles. The number of rotatable bonds is 3. The van der Waals surface area contributed by atoms with E-state index in [1.165, 1.54) is 11.3 Å². The summed E-state index contributed by atoms with van der Waals surface area (Å²) in [5, 5.41) is 10.3. The minimum Gasteiger partial charge on any atom is -0.495 e. The molecule has 1 aliphatic heterocycles. The molecule has 2 amide bonds. The number of aryl methyl sites for hydroxylation is 1. The van der Waals surface area contributed by atoms with E-state index in [9.17, 15) is 4.79 Å². The first kappa shape index (κ1) is 16.8. The van der Waals surface area contributed by atoms with Crippen LogP contribution in [0.4, 0.5) is 10.5 Å². The van der Waals surface area contributed by atoms with Gasteiger partial charge in [-0.2, -0.15) is 5.10 Å². The molecule has 0 spiro atoms. The molecule has 2 heterocycles. The number of aromatic nitrogens is 2. The Hall–Kier alpha value is -2.70. The Morgan fingerprint density at radius 3 is 2.88 bits per heavy atom. The first-order valence-corrected chi connectivity index (χ1v) is 9.19. The van der Waals surface area contributed by atoms with Crippen molar-refractivity contribution in [1.82, 2.24) is 20.4 Å². The molecule has 0 bridgehead atoms. The average Bonchev–Trinajstić information content (AvgIpc) is 3.16. The van der Waals surface area contributed by atoms with E-state index >= 15 is 0 Å². The number of benzene rings is 1. The molecule has 1 fully saturated rings.